The molecule has 1 saturated heterocycles. The predicted octanol–water partition coefficient (Wildman–Crippen LogP) is 1.49. The lowest BCUT2D eigenvalue weighted by Gasteiger charge is -2.37. The van der Waals surface area contributed by atoms with Gasteiger partial charge >= 0.3 is 0 Å². The minimum Gasteiger partial charge on any atom is -0.386 e. The highest BCUT2D eigenvalue weighted by atomic mass is 19.1. The summed E-state index contributed by atoms with van der Waals surface area (Å²) < 4.78 is 19.0. The number of hydrazine groups is 1. The Morgan fingerprint density at radius 1 is 1.30 bits per heavy atom. The summed E-state index contributed by atoms with van der Waals surface area (Å²) in [5, 5.41) is 19.9. The van der Waals surface area contributed by atoms with E-state index in [0.29, 0.717) is 24.7 Å². The van der Waals surface area contributed by atoms with Gasteiger partial charge in [-0.15, -0.1) is 6.58 Å². The van der Waals surface area contributed by atoms with Crippen LogP contribution in [0.5, 0.6) is 0 Å². The summed E-state index contributed by atoms with van der Waals surface area (Å²) in [6.07, 6.45) is 11.3. The van der Waals surface area contributed by atoms with Gasteiger partial charge in [-0.25, -0.2) is 9.40 Å². The van der Waals surface area contributed by atoms with Crippen molar-refractivity contribution in [2.75, 3.05) is 39.9 Å². The molecule has 3 aliphatic heterocycles. The van der Waals surface area contributed by atoms with Crippen molar-refractivity contribution >= 4 is 0 Å². The van der Waals surface area contributed by atoms with Crippen LogP contribution in [0.4, 0.5) is 4.39 Å². The maximum Gasteiger partial charge on any atom is 0.104 e. The van der Waals surface area contributed by atoms with Crippen LogP contribution in [0.15, 0.2) is 37.0 Å². The van der Waals surface area contributed by atoms with Crippen molar-refractivity contribution in [1.82, 2.24) is 37.0 Å². The Morgan fingerprint density at radius 3 is 2.94 bits per heavy atom. The molecule has 0 amide bonds. The van der Waals surface area contributed by atoms with Gasteiger partial charge in [0.25, 0.3) is 0 Å². The lowest BCUT2D eigenvalue weighted by molar-refractivity contribution is 0.135. The first kappa shape index (κ1) is 25.8. The Morgan fingerprint density at radius 2 is 2.18 bits per heavy atom. The van der Waals surface area contributed by atoms with Crippen molar-refractivity contribution in [1.29, 1.82) is 0 Å². The molecule has 0 spiro atoms. The van der Waals surface area contributed by atoms with Crippen molar-refractivity contribution in [2.45, 2.75) is 63.6 Å². The summed E-state index contributed by atoms with van der Waals surface area (Å²) in [6, 6.07) is 0.274. The second kappa shape index (κ2) is 13.8. The predicted molar refractivity (Wildman–Crippen MR) is 131 cm³/mol. The summed E-state index contributed by atoms with van der Waals surface area (Å²) >= 11 is 0. The summed E-state index contributed by atoms with van der Waals surface area (Å²) in [7, 11) is 1.75. The van der Waals surface area contributed by atoms with E-state index in [1.807, 2.05) is 12.4 Å². The van der Waals surface area contributed by atoms with Crippen LogP contribution in [-0.4, -0.2) is 69.4 Å². The largest absolute Gasteiger partial charge is 0.386 e. The van der Waals surface area contributed by atoms with Gasteiger partial charge in [0.2, 0.25) is 0 Å². The number of ether oxygens (including phenoxy) is 1. The SMILES string of the molecule is C=CC[C@@H](F)CCC[C@H](C)NC1=C[C@@H]([C@H]2CNN(CCOC)C2)CC(N[C@H]2CNC=CN2)N1. The Labute approximate surface area is 198 Å². The highest BCUT2D eigenvalue weighted by Gasteiger charge is 2.33. The van der Waals surface area contributed by atoms with Crippen LogP contribution in [0.25, 0.3) is 0 Å². The van der Waals surface area contributed by atoms with Crippen molar-refractivity contribution in [2.24, 2.45) is 11.8 Å². The molecular formula is C24H44FN7O. The van der Waals surface area contributed by atoms with Gasteiger partial charge in [0, 0.05) is 51.7 Å². The maximum atomic E-state index is 13.8. The number of methoxy groups -OCH3 is 1. The molecule has 8 nitrogen and oxygen atoms in total. The number of rotatable bonds is 14. The molecule has 9 heteroatoms. The van der Waals surface area contributed by atoms with Crippen LogP contribution >= 0.6 is 0 Å². The zero-order valence-corrected chi connectivity index (χ0v) is 20.3. The third-order valence-corrected chi connectivity index (χ3v) is 6.62. The smallest absolute Gasteiger partial charge is 0.104 e. The number of hydrogen-bond acceptors (Lipinski definition) is 8. The quantitative estimate of drug-likeness (QED) is 0.215. The number of hydrogen-bond donors (Lipinski definition) is 6. The first-order chi connectivity index (χ1) is 16.1. The molecule has 6 atom stereocenters. The number of halogens is 1. The van der Waals surface area contributed by atoms with Gasteiger partial charge in [-0.2, -0.15) is 0 Å². The lowest BCUT2D eigenvalue weighted by Crippen LogP contribution is -2.59. The van der Waals surface area contributed by atoms with E-state index in [4.69, 9.17) is 4.74 Å². The van der Waals surface area contributed by atoms with E-state index in [1.165, 1.54) is 0 Å². The molecule has 0 aromatic heterocycles. The van der Waals surface area contributed by atoms with Gasteiger partial charge in [-0.05, 0) is 56.9 Å². The van der Waals surface area contributed by atoms with E-state index in [0.717, 1.165) is 57.9 Å². The zero-order valence-electron chi connectivity index (χ0n) is 20.3. The van der Waals surface area contributed by atoms with Crippen molar-refractivity contribution in [3.05, 3.63) is 37.0 Å². The first-order valence-electron chi connectivity index (χ1n) is 12.4. The topological polar surface area (TPSA) is 84.7 Å². The molecule has 188 valence electrons. The van der Waals surface area contributed by atoms with Crippen LogP contribution < -0.4 is 32.0 Å². The molecule has 3 aliphatic rings. The molecule has 0 aromatic carbocycles. The van der Waals surface area contributed by atoms with E-state index >= 15 is 0 Å². The molecule has 1 unspecified atom stereocenters. The fraction of sp³-hybridized carbons (Fsp3) is 0.750. The Balaban J connectivity index is 1.56. The average Bonchev–Trinajstić information content (AvgIpc) is 3.27. The van der Waals surface area contributed by atoms with Gasteiger partial charge < -0.3 is 26.0 Å². The van der Waals surface area contributed by atoms with E-state index in [1.54, 1.807) is 13.2 Å². The Kier molecular flexibility index (Phi) is 10.8. The molecule has 0 aromatic rings. The Bertz CT molecular complexity index is 646. The van der Waals surface area contributed by atoms with E-state index in [-0.39, 0.29) is 18.4 Å². The molecule has 0 aliphatic carbocycles. The molecule has 0 radical (unpaired) electrons. The number of nitrogens with zero attached hydrogens (tertiary/aromatic N) is 1. The minimum atomic E-state index is -0.777. The average molecular weight is 466 g/mol. The van der Waals surface area contributed by atoms with Crippen LogP contribution in [-0.2, 0) is 4.74 Å². The van der Waals surface area contributed by atoms with Gasteiger partial charge in [0.15, 0.2) is 0 Å². The number of allylic oxidation sites excluding steroid dienone is 2. The van der Waals surface area contributed by atoms with Crippen molar-refractivity contribution in [3.8, 4) is 0 Å². The second-order valence-electron chi connectivity index (χ2n) is 9.46. The van der Waals surface area contributed by atoms with Gasteiger partial charge in [0.1, 0.15) is 6.17 Å². The van der Waals surface area contributed by atoms with Crippen LogP contribution in [0.2, 0.25) is 0 Å². The summed E-state index contributed by atoms with van der Waals surface area (Å²) in [4.78, 5) is 0. The summed E-state index contributed by atoms with van der Waals surface area (Å²) in [5.41, 5.74) is 3.53. The molecule has 6 N–H and O–H groups in total. The van der Waals surface area contributed by atoms with Gasteiger partial charge in [-0.3, -0.25) is 10.7 Å². The monoisotopic (exact) mass is 465 g/mol. The Hall–Kier alpha value is -1.81. The normalized spacial score (nSPS) is 29.4. The van der Waals surface area contributed by atoms with Crippen LogP contribution in [0.1, 0.15) is 39.0 Å². The fourth-order valence-electron chi connectivity index (χ4n) is 4.79. The summed E-state index contributed by atoms with van der Waals surface area (Å²) in [5.74, 6) is 2.08. The van der Waals surface area contributed by atoms with E-state index in [2.05, 4.69) is 56.6 Å². The maximum absolute atomic E-state index is 13.8. The summed E-state index contributed by atoms with van der Waals surface area (Å²) in [6.45, 7) is 10.3. The molecule has 3 heterocycles. The van der Waals surface area contributed by atoms with Crippen molar-refractivity contribution in [3.63, 3.8) is 0 Å². The van der Waals surface area contributed by atoms with Gasteiger partial charge in [-0.1, -0.05) is 6.08 Å². The van der Waals surface area contributed by atoms with E-state index < -0.39 is 6.17 Å². The van der Waals surface area contributed by atoms with Gasteiger partial charge in [0.05, 0.1) is 24.8 Å². The zero-order chi connectivity index (χ0) is 23.5. The highest BCUT2D eigenvalue weighted by molar-refractivity contribution is 5.10. The molecule has 0 bridgehead atoms. The highest BCUT2D eigenvalue weighted by Crippen LogP contribution is 2.27. The third kappa shape index (κ3) is 8.81. The van der Waals surface area contributed by atoms with Crippen LogP contribution in [0.3, 0.4) is 0 Å². The van der Waals surface area contributed by atoms with Crippen molar-refractivity contribution < 1.29 is 9.13 Å². The fourth-order valence-corrected chi connectivity index (χ4v) is 4.79. The van der Waals surface area contributed by atoms with E-state index in [9.17, 15) is 4.39 Å². The molecule has 1 fully saturated rings. The minimum absolute atomic E-state index is 0.163. The molecular weight excluding hydrogens is 421 g/mol. The lowest BCUT2D eigenvalue weighted by atomic mass is 9.86. The van der Waals surface area contributed by atoms with Crippen LogP contribution in [0, 0.1) is 11.8 Å². The number of alkyl halides is 1. The third-order valence-electron chi connectivity index (χ3n) is 6.62. The molecule has 0 saturated carbocycles. The standard InChI is InChI=1S/C24H44FN7O/c1-4-6-21(25)8-5-7-18(2)29-22-13-19(20-15-28-32(17-20)11-12-33-3)14-23(30-22)31-24-16-26-9-10-27-24/h4,9-10,13,18-21,23-24,26-31H,1,5-8,11-12,14-17H2,2-3H3/t18-,19+,20-,21+,23?,24-/m0/s1. The number of nitrogens with one attached hydrogen (secondary N) is 6. The first-order valence-corrected chi connectivity index (χ1v) is 12.4. The molecule has 3 rings (SSSR count). The molecule has 33 heavy (non-hydrogen) atoms. The second-order valence-corrected chi connectivity index (χ2v) is 9.46.